The Morgan fingerprint density at radius 2 is 2.06 bits per heavy atom. The zero-order valence-corrected chi connectivity index (χ0v) is 9.33. The van der Waals surface area contributed by atoms with Gasteiger partial charge < -0.3 is 5.11 Å². The molecule has 1 aromatic carbocycles. The van der Waals surface area contributed by atoms with E-state index in [0.717, 1.165) is 22.3 Å². The molecule has 0 saturated carbocycles. The number of aryl methyl sites for hydroxylation is 1. The summed E-state index contributed by atoms with van der Waals surface area (Å²) in [7, 11) is 0. The van der Waals surface area contributed by atoms with Gasteiger partial charge in [0.25, 0.3) is 0 Å². The Kier molecular flexibility index (Phi) is 2.08. The largest absolute Gasteiger partial charge is 0.508 e. The van der Waals surface area contributed by atoms with Crippen molar-refractivity contribution in [1.29, 1.82) is 0 Å². The molecule has 0 unspecified atom stereocenters. The number of hydrogen-bond donors (Lipinski definition) is 1. The fourth-order valence-electron chi connectivity index (χ4n) is 1.87. The van der Waals surface area contributed by atoms with E-state index >= 15 is 0 Å². The maximum atomic E-state index is 9.52. The van der Waals surface area contributed by atoms with E-state index in [4.69, 9.17) is 0 Å². The Hall–Kier alpha value is -2.36. The molecular formula is C13H11N3O. The van der Waals surface area contributed by atoms with Crippen LogP contribution < -0.4 is 0 Å². The number of rotatable bonds is 1. The topological polar surface area (TPSA) is 50.9 Å². The molecule has 2 heterocycles. The number of hydrogen-bond acceptors (Lipinski definition) is 3. The highest BCUT2D eigenvalue weighted by atomic mass is 16.3. The van der Waals surface area contributed by atoms with Crippen molar-refractivity contribution < 1.29 is 5.11 Å². The first-order valence-electron chi connectivity index (χ1n) is 5.34. The standard InChI is InChI=1S/C13H11N3O/c1-9-6-11(4-5-14-9)16-13-7-12(17)3-2-10(13)8-15-16/h2-8,17H,1H3. The fourth-order valence-corrected chi connectivity index (χ4v) is 1.87. The number of pyridine rings is 1. The van der Waals surface area contributed by atoms with Gasteiger partial charge in [-0.25, -0.2) is 4.68 Å². The molecule has 3 aromatic rings. The summed E-state index contributed by atoms with van der Waals surface area (Å²) in [6.07, 6.45) is 3.53. The predicted molar refractivity (Wildman–Crippen MR) is 65.3 cm³/mol. The molecule has 0 saturated heterocycles. The third-order valence-corrected chi connectivity index (χ3v) is 2.68. The molecule has 0 spiro atoms. The van der Waals surface area contributed by atoms with Gasteiger partial charge in [0.2, 0.25) is 0 Å². The van der Waals surface area contributed by atoms with Crippen LogP contribution in [0, 0.1) is 6.92 Å². The second kappa shape index (κ2) is 3.59. The normalized spacial score (nSPS) is 10.9. The fraction of sp³-hybridized carbons (Fsp3) is 0.0769. The molecule has 0 amide bonds. The lowest BCUT2D eigenvalue weighted by Gasteiger charge is -2.04. The first-order chi connectivity index (χ1) is 8.24. The van der Waals surface area contributed by atoms with Crippen molar-refractivity contribution in [2.75, 3.05) is 0 Å². The highest BCUT2D eigenvalue weighted by Crippen LogP contribution is 2.22. The Morgan fingerprint density at radius 1 is 1.18 bits per heavy atom. The van der Waals surface area contributed by atoms with Gasteiger partial charge >= 0.3 is 0 Å². The maximum Gasteiger partial charge on any atom is 0.117 e. The molecule has 0 aliphatic rings. The summed E-state index contributed by atoms with van der Waals surface area (Å²) in [6.45, 7) is 1.94. The van der Waals surface area contributed by atoms with Gasteiger partial charge in [0, 0.05) is 23.3 Å². The third-order valence-electron chi connectivity index (χ3n) is 2.68. The van der Waals surface area contributed by atoms with Gasteiger partial charge in [0.05, 0.1) is 17.4 Å². The number of aromatic nitrogens is 3. The SMILES string of the molecule is Cc1cc(-n2ncc3ccc(O)cc32)ccn1. The van der Waals surface area contributed by atoms with E-state index in [1.54, 1.807) is 29.2 Å². The zero-order chi connectivity index (χ0) is 11.8. The summed E-state index contributed by atoms with van der Waals surface area (Å²) in [4.78, 5) is 4.16. The number of phenolic OH excluding ortho intramolecular Hbond substituents is 1. The Labute approximate surface area is 98.2 Å². The monoisotopic (exact) mass is 225 g/mol. The van der Waals surface area contributed by atoms with Crippen LogP contribution in [0.3, 0.4) is 0 Å². The number of nitrogens with zero attached hydrogens (tertiary/aromatic N) is 3. The van der Waals surface area contributed by atoms with Crippen molar-refractivity contribution in [1.82, 2.24) is 14.8 Å². The first-order valence-corrected chi connectivity index (χ1v) is 5.34. The summed E-state index contributed by atoms with van der Waals surface area (Å²) in [5.74, 6) is 0.241. The summed E-state index contributed by atoms with van der Waals surface area (Å²) in [5.41, 5.74) is 2.76. The van der Waals surface area contributed by atoms with Crippen LogP contribution in [-0.4, -0.2) is 19.9 Å². The Morgan fingerprint density at radius 3 is 2.88 bits per heavy atom. The van der Waals surface area contributed by atoms with E-state index in [0.29, 0.717) is 0 Å². The van der Waals surface area contributed by atoms with Crippen LogP contribution in [0.15, 0.2) is 42.7 Å². The molecule has 0 fully saturated rings. The average Bonchev–Trinajstić information content (AvgIpc) is 2.71. The van der Waals surface area contributed by atoms with E-state index in [2.05, 4.69) is 10.1 Å². The van der Waals surface area contributed by atoms with Crippen molar-refractivity contribution >= 4 is 10.9 Å². The van der Waals surface area contributed by atoms with Crippen LogP contribution in [0.5, 0.6) is 5.75 Å². The number of benzene rings is 1. The van der Waals surface area contributed by atoms with Crippen LogP contribution in [0.2, 0.25) is 0 Å². The molecule has 4 heteroatoms. The van der Waals surface area contributed by atoms with Crippen LogP contribution >= 0.6 is 0 Å². The van der Waals surface area contributed by atoms with Crippen molar-refractivity contribution in [3.05, 3.63) is 48.4 Å². The smallest absolute Gasteiger partial charge is 0.117 e. The average molecular weight is 225 g/mol. The van der Waals surface area contributed by atoms with Crippen molar-refractivity contribution in [2.45, 2.75) is 6.92 Å². The Balaban J connectivity index is 2.27. The third kappa shape index (κ3) is 1.63. The Bertz CT molecular complexity index is 688. The number of phenols is 1. The van der Waals surface area contributed by atoms with Crippen LogP contribution in [0.4, 0.5) is 0 Å². The van der Waals surface area contributed by atoms with E-state index in [1.807, 2.05) is 25.1 Å². The molecule has 2 aromatic heterocycles. The molecule has 17 heavy (non-hydrogen) atoms. The van der Waals surface area contributed by atoms with Crippen molar-refractivity contribution in [2.24, 2.45) is 0 Å². The quantitative estimate of drug-likeness (QED) is 0.692. The predicted octanol–water partition coefficient (Wildman–Crippen LogP) is 2.43. The highest BCUT2D eigenvalue weighted by Gasteiger charge is 2.05. The lowest BCUT2D eigenvalue weighted by Crippen LogP contribution is -1.96. The summed E-state index contributed by atoms with van der Waals surface area (Å²) in [5, 5.41) is 14.8. The van der Waals surface area contributed by atoms with Crippen molar-refractivity contribution in [3.8, 4) is 11.4 Å². The van der Waals surface area contributed by atoms with E-state index in [9.17, 15) is 5.11 Å². The first kappa shape index (κ1) is 9.84. The second-order valence-electron chi connectivity index (χ2n) is 3.95. The minimum atomic E-state index is 0.241. The molecule has 0 radical (unpaired) electrons. The minimum Gasteiger partial charge on any atom is -0.508 e. The lowest BCUT2D eigenvalue weighted by molar-refractivity contribution is 0.476. The molecular weight excluding hydrogens is 214 g/mol. The van der Waals surface area contributed by atoms with Crippen LogP contribution in [-0.2, 0) is 0 Å². The van der Waals surface area contributed by atoms with Gasteiger partial charge in [-0.05, 0) is 31.2 Å². The number of fused-ring (bicyclic) bond motifs is 1. The van der Waals surface area contributed by atoms with Gasteiger partial charge in [-0.15, -0.1) is 0 Å². The van der Waals surface area contributed by atoms with Crippen LogP contribution in [0.25, 0.3) is 16.6 Å². The maximum absolute atomic E-state index is 9.52. The zero-order valence-electron chi connectivity index (χ0n) is 9.33. The van der Waals surface area contributed by atoms with Crippen LogP contribution in [0.1, 0.15) is 5.69 Å². The number of aromatic hydroxyl groups is 1. The highest BCUT2D eigenvalue weighted by molar-refractivity contribution is 5.81. The van der Waals surface area contributed by atoms with Gasteiger partial charge in [0.1, 0.15) is 5.75 Å². The summed E-state index contributed by atoms with van der Waals surface area (Å²) >= 11 is 0. The molecule has 4 nitrogen and oxygen atoms in total. The minimum absolute atomic E-state index is 0.241. The summed E-state index contributed by atoms with van der Waals surface area (Å²) in [6, 6.07) is 9.06. The summed E-state index contributed by atoms with van der Waals surface area (Å²) < 4.78 is 1.80. The molecule has 0 atom stereocenters. The van der Waals surface area contributed by atoms with Gasteiger partial charge in [-0.2, -0.15) is 5.10 Å². The molecule has 3 rings (SSSR count). The molecule has 1 N–H and O–H groups in total. The van der Waals surface area contributed by atoms with E-state index < -0.39 is 0 Å². The van der Waals surface area contributed by atoms with Crippen molar-refractivity contribution in [3.63, 3.8) is 0 Å². The molecule has 0 bridgehead atoms. The van der Waals surface area contributed by atoms with E-state index in [1.165, 1.54) is 0 Å². The lowest BCUT2D eigenvalue weighted by atomic mass is 10.2. The van der Waals surface area contributed by atoms with Gasteiger partial charge in [-0.1, -0.05) is 0 Å². The molecule has 0 aliphatic heterocycles. The second-order valence-corrected chi connectivity index (χ2v) is 3.95. The van der Waals surface area contributed by atoms with Gasteiger partial charge in [0.15, 0.2) is 0 Å². The van der Waals surface area contributed by atoms with Gasteiger partial charge in [-0.3, -0.25) is 4.98 Å². The molecule has 84 valence electrons. The van der Waals surface area contributed by atoms with E-state index in [-0.39, 0.29) is 5.75 Å². The molecule has 0 aliphatic carbocycles.